The largest absolute Gasteiger partial charge is 0.490 e. The fourth-order valence-electron chi connectivity index (χ4n) is 3.63. The van der Waals surface area contributed by atoms with Crippen molar-refractivity contribution in [3.63, 3.8) is 0 Å². The lowest BCUT2D eigenvalue weighted by molar-refractivity contribution is -0.0614. The van der Waals surface area contributed by atoms with Crippen LogP contribution in [0.15, 0.2) is 30.9 Å². The van der Waals surface area contributed by atoms with Gasteiger partial charge in [-0.25, -0.2) is 9.67 Å². The highest BCUT2D eigenvalue weighted by Crippen LogP contribution is 2.38. The lowest BCUT2D eigenvalue weighted by Gasteiger charge is -2.37. The zero-order chi connectivity index (χ0) is 18.7. The Bertz CT molecular complexity index is 712. The van der Waals surface area contributed by atoms with Gasteiger partial charge < -0.3 is 9.47 Å². The van der Waals surface area contributed by atoms with Crippen LogP contribution < -0.4 is 4.74 Å². The molecule has 0 amide bonds. The molecule has 0 spiro atoms. The van der Waals surface area contributed by atoms with Crippen molar-refractivity contribution in [2.24, 2.45) is 5.41 Å². The van der Waals surface area contributed by atoms with Gasteiger partial charge in [-0.1, -0.05) is 39.3 Å². The van der Waals surface area contributed by atoms with Crippen molar-refractivity contribution < 1.29 is 9.47 Å². The van der Waals surface area contributed by atoms with Crippen LogP contribution in [-0.2, 0) is 11.2 Å². The summed E-state index contributed by atoms with van der Waals surface area (Å²) >= 11 is 6.13. The Labute approximate surface area is 160 Å². The first-order valence-electron chi connectivity index (χ1n) is 9.29. The van der Waals surface area contributed by atoms with E-state index < -0.39 is 0 Å². The number of hydrogen-bond donors (Lipinski definition) is 0. The lowest BCUT2D eigenvalue weighted by atomic mass is 9.82. The highest BCUT2D eigenvalue weighted by Gasteiger charge is 2.38. The average Bonchev–Trinajstić information content (AvgIpc) is 3.21. The van der Waals surface area contributed by atoms with Crippen molar-refractivity contribution in [2.45, 2.75) is 65.2 Å². The van der Waals surface area contributed by atoms with Gasteiger partial charge in [0.15, 0.2) is 0 Å². The maximum atomic E-state index is 6.28. The van der Waals surface area contributed by atoms with Crippen molar-refractivity contribution in [3.8, 4) is 5.75 Å². The quantitative estimate of drug-likeness (QED) is 0.701. The second-order valence-corrected chi connectivity index (χ2v) is 8.47. The predicted molar refractivity (Wildman–Crippen MR) is 103 cm³/mol. The molecule has 3 unspecified atom stereocenters. The Balaban J connectivity index is 1.81. The number of aromatic nitrogens is 3. The van der Waals surface area contributed by atoms with E-state index in [1.807, 2.05) is 22.9 Å². The molecule has 0 bridgehead atoms. The van der Waals surface area contributed by atoms with Gasteiger partial charge in [0, 0.05) is 24.5 Å². The topological polar surface area (TPSA) is 49.2 Å². The molecule has 0 saturated heterocycles. The van der Waals surface area contributed by atoms with Crippen molar-refractivity contribution in [3.05, 3.63) is 41.4 Å². The first-order chi connectivity index (χ1) is 12.4. The third-order valence-electron chi connectivity index (χ3n) is 4.75. The second-order valence-electron chi connectivity index (χ2n) is 8.03. The second kappa shape index (κ2) is 7.97. The summed E-state index contributed by atoms with van der Waals surface area (Å²) in [6.07, 6.45) is 6.09. The number of benzene rings is 1. The lowest BCUT2D eigenvalue weighted by Crippen LogP contribution is -2.40. The molecule has 1 aromatic heterocycles. The Morgan fingerprint density at radius 3 is 2.85 bits per heavy atom. The van der Waals surface area contributed by atoms with E-state index in [2.05, 4.69) is 37.8 Å². The van der Waals surface area contributed by atoms with Gasteiger partial charge in [0.1, 0.15) is 24.5 Å². The summed E-state index contributed by atoms with van der Waals surface area (Å²) in [4.78, 5) is 4.15. The third kappa shape index (κ3) is 4.38. The zero-order valence-corrected chi connectivity index (χ0v) is 16.7. The number of ether oxygens (including phenoxy) is 2. The number of nitrogens with zero attached hydrogens (tertiary/aromatic N) is 3. The van der Waals surface area contributed by atoms with E-state index >= 15 is 0 Å². The number of fused-ring (bicyclic) bond motifs is 1. The molecule has 1 aromatic carbocycles. The van der Waals surface area contributed by atoms with Crippen molar-refractivity contribution in [1.82, 2.24) is 14.8 Å². The summed E-state index contributed by atoms with van der Waals surface area (Å²) in [5.74, 6) is 0.929. The van der Waals surface area contributed by atoms with Crippen LogP contribution in [0.1, 0.15) is 52.1 Å². The fraction of sp³-hybridized carbons (Fsp3) is 0.600. The van der Waals surface area contributed by atoms with E-state index in [1.165, 1.54) is 5.56 Å². The monoisotopic (exact) mass is 377 g/mol. The van der Waals surface area contributed by atoms with E-state index in [1.54, 1.807) is 12.7 Å². The minimum atomic E-state index is -0.0272. The van der Waals surface area contributed by atoms with Gasteiger partial charge in [-0.05, 0) is 35.6 Å². The molecule has 3 rings (SSSR count). The summed E-state index contributed by atoms with van der Waals surface area (Å²) in [5, 5.41) is 5.16. The van der Waals surface area contributed by atoms with E-state index in [-0.39, 0.29) is 23.7 Å². The third-order valence-corrected chi connectivity index (χ3v) is 4.98. The normalized spacial score (nSPS) is 19.0. The molecule has 2 aromatic rings. The number of hydrogen-bond acceptors (Lipinski definition) is 4. The smallest absolute Gasteiger partial charge is 0.137 e. The summed E-state index contributed by atoms with van der Waals surface area (Å²) in [6.45, 7) is 9.49. The summed E-state index contributed by atoms with van der Waals surface area (Å²) in [7, 11) is 0. The molecule has 0 radical (unpaired) electrons. The van der Waals surface area contributed by atoms with Gasteiger partial charge >= 0.3 is 0 Å². The first-order valence-corrected chi connectivity index (χ1v) is 9.67. The summed E-state index contributed by atoms with van der Waals surface area (Å²) in [5.41, 5.74) is 1.14. The number of rotatable bonds is 7. The maximum Gasteiger partial charge on any atom is 0.137 e. The highest BCUT2D eigenvalue weighted by atomic mass is 35.5. The molecule has 0 N–H and O–H groups in total. The molecular formula is C20H28ClN3O2. The van der Waals surface area contributed by atoms with Crippen molar-refractivity contribution in [2.75, 3.05) is 6.61 Å². The molecule has 1 aliphatic heterocycles. The van der Waals surface area contributed by atoms with Crippen LogP contribution in [0.25, 0.3) is 0 Å². The molecule has 142 valence electrons. The van der Waals surface area contributed by atoms with Gasteiger partial charge in [-0.3, -0.25) is 0 Å². The highest BCUT2D eigenvalue weighted by molar-refractivity contribution is 6.30. The van der Waals surface area contributed by atoms with Crippen molar-refractivity contribution in [1.29, 1.82) is 0 Å². The molecule has 3 atom stereocenters. The minimum absolute atomic E-state index is 0.0139. The van der Waals surface area contributed by atoms with Crippen LogP contribution >= 0.6 is 11.6 Å². The Kier molecular flexibility index (Phi) is 5.88. The van der Waals surface area contributed by atoms with Gasteiger partial charge in [0.25, 0.3) is 0 Å². The maximum absolute atomic E-state index is 6.28. The van der Waals surface area contributed by atoms with Gasteiger partial charge in [-0.2, -0.15) is 5.10 Å². The van der Waals surface area contributed by atoms with Gasteiger partial charge in [0.2, 0.25) is 0 Å². The zero-order valence-electron chi connectivity index (χ0n) is 16.0. The Hall–Kier alpha value is -1.59. The van der Waals surface area contributed by atoms with E-state index in [0.717, 1.165) is 36.6 Å². The van der Waals surface area contributed by atoms with Crippen LogP contribution in [0.2, 0.25) is 5.02 Å². The first kappa shape index (κ1) is 19.2. The van der Waals surface area contributed by atoms with Crippen LogP contribution in [0.3, 0.4) is 0 Å². The van der Waals surface area contributed by atoms with E-state index in [9.17, 15) is 0 Å². The minimum Gasteiger partial charge on any atom is -0.490 e. The molecule has 5 nitrogen and oxygen atoms in total. The average molecular weight is 378 g/mol. The molecule has 26 heavy (non-hydrogen) atoms. The van der Waals surface area contributed by atoms with E-state index in [0.29, 0.717) is 0 Å². The van der Waals surface area contributed by atoms with Crippen LogP contribution in [0.5, 0.6) is 5.75 Å². The van der Waals surface area contributed by atoms with Crippen molar-refractivity contribution >= 4 is 11.6 Å². The summed E-state index contributed by atoms with van der Waals surface area (Å²) < 4.78 is 14.4. The predicted octanol–water partition coefficient (Wildman–Crippen LogP) is 4.71. The Morgan fingerprint density at radius 1 is 1.38 bits per heavy atom. The molecular weight excluding hydrogens is 350 g/mol. The molecule has 0 aliphatic carbocycles. The molecule has 1 aliphatic rings. The molecule has 0 saturated carbocycles. The Morgan fingerprint density at radius 2 is 2.19 bits per heavy atom. The van der Waals surface area contributed by atoms with Crippen LogP contribution in [0, 0.1) is 5.41 Å². The number of halogens is 1. The SMILES string of the molecule is CCCOC(C(CC1Cc2cc(Cl)ccc2O1)n1cncn1)C(C)(C)C. The molecule has 2 heterocycles. The van der Waals surface area contributed by atoms with Crippen LogP contribution in [0.4, 0.5) is 0 Å². The fourth-order valence-corrected chi connectivity index (χ4v) is 3.83. The standard InChI is InChI=1S/C20H28ClN3O2/c1-5-8-25-19(20(2,3)4)17(24-13-22-12-23-24)11-16-10-14-9-15(21)6-7-18(14)26-16/h6-7,9,12-13,16-17,19H,5,8,10-11H2,1-4H3. The van der Waals surface area contributed by atoms with Gasteiger partial charge in [0.05, 0.1) is 12.1 Å². The van der Waals surface area contributed by atoms with E-state index in [4.69, 9.17) is 21.1 Å². The van der Waals surface area contributed by atoms with Gasteiger partial charge in [-0.15, -0.1) is 0 Å². The molecule has 0 fully saturated rings. The summed E-state index contributed by atoms with van der Waals surface area (Å²) in [6, 6.07) is 5.88. The molecule has 6 heteroatoms. The van der Waals surface area contributed by atoms with Crippen LogP contribution in [-0.4, -0.2) is 33.6 Å².